The van der Waals surface area contributed by atoms with Crippen molar-refractivity contribution in [2.45, 2.75) is 0 Å². The van der Waals surface area contributed by atoms with Gasteiger partial charge in [0.25, 0.3) is 5.91 Å². The Kier molecular flexibility index (Phi) is 2.96. The molecule has 4 heterocycles. The molecule has 0 radical (unpaired) electrons. The number of hydrogen-bond donors (Lipinski definition) is 1. The zero-order chi connectivity index (χ0) is 14.2. The van der Waals surface area contributed by atoms with Crippen LogP contribution in [0.1, 0.15) is 10.5 Å². The zero-order valence-corrected chi connectivity index (χ0v) is 11.6. The van der Waals surface area contributed by atoms with Crippen molar-refractivity contribution in [3.8, 4) is 5.82 Å². The quantitative estimate of drug-likeness (QED) is 0.874. The highest BCUT2D eigenvalue weighted by Gasteiger charge is 2.38. The number of nitrogens with zero attached hydrogens (tertiary/aromatic N) is 4. The lowest BCUT2D eigenvalue weighted by Crippen LogP contribution is -2.32. The van der Waals surface area contributed by atoms with Gasteiger partial charge in [-0.1, -0.05) is 6.07 Å². The predicted octanol–water partition coefficient (Wildman–Crippen LogP) is 0.559. The first-order valence-electron chi connectivity index (χ1n) is 7.28. The molecule has 2 fully saturated rings. The summed E-state index contributed by atoms with van der Waals surface area (Å²) in [5.41, 5.74) is 0.496. The molecule has 0 bridgehead atoms. The first kappa shape index (κ1) is 12.5. The fourth-order valence-electron chi connectivity index (χ4n) is 3.26. The van der Waals surface area contributed by atoms with Gasteiger partial charge in [-0.3, -0.25) is 4.79 Å². The van der Waals surface area contributed by atoms with Crippen molar-refractivity contribution < 1.29 is 4.79 Å². The maximum atomic E-state index is 12.6. The third-order valence-electron chi connectivity index (χ3n) is 4.37. The van der Waals surface area contributed by atoms with E-state index < -0.39 is 0 Å². The molecule has 2 atom stereocenters. The minimum absolute atomic E-state index is 0.0263. The molecule has 2 aliphatic rings. The van der Waals surface area contributed by atoms with Crippen molar-refractivity contribution >= 4 is 5.91 Å². The molecule has 2 aromatic rings. The minimum atomic E-state index is 0.0263. The maximum absolute atomic E-state index is 12.6. The number of amides is 1. The smallest absolute Gasteiger partial charge is 0.272 e. The molecular weight excluding hydrogens is 266 g/mol. The Morgan fingerprint density at radius 3 is 2.71 bits per heavy atom. The first-order chi connectivity index (χ1) is 10.3. The van der Waals surface area contributed by atoms with E-state index in [0.29, 0.717) is 23.3 Å². The standard InChI is InChI=1S/C15H17N5O/c21-15(19-9-11-7-16-8-12(11)10-19)13-3-1-4-14(18-13)20-6-2-5-17-20/h1-6,11-12,16H,7-10H2/t11-,12+. The van der Waals surface area contributed by atoms with Gasteiger partial charge in [0, 0.05) is 38.6 Å². The Hall–Kier alpha value is -2.21. The van der Waals surface area contributed by atoms with E-state index in [1.807, 2.05) is 29.3 Å². The molecule has 1 amide bonds. The van der Waals surface area contributed by atoms with Gasteiger partial charge in [-0.15, -0.1) is 0 Å². The molecule has 1 N–H and O–H groups in total. The summed E-state index contributed by atoms with van der Waals surface area (Å²) in [5, 5.41) is 7.54. The molecule has 4 rings (SSSR count). The largest absolute Gasteiger partial charge is 0.337 e. The van der Waals surface area contributed by atoms with Crippen LogP contribution in [0.3, 0.4) is 0 Å². The topological polar surface area (TPSA) is 63.1 Å². The lowest BCUT2D eigenvalue weighted by atomic mass is 10.0. The maximum Gasteiger partial charge on any atom is 0.272 e. The second-order valence-corrected chi connectivity index (χ2v) is 5.72. The number of fused-ring (bicyclic) bond motifs is 1. The molecule has 0 unspecified atom stereocenters. The monoisotopic (exact) mass is 283 g/mol. The summed E-state index contributed by atoms with van der Waals surface area (Å²) < 4.78 is 1.67. The van der Waals surface area contributed by atoms with Crippen LogP contribution in [0.15, 0.2) is 36.7 Å². The van der Waals surface area contributed by atoms with Crippen molar-refractivity contribution in [3.63, 3.8) is 0 Å². The molecule has 2 aromatic heterocycles. The van der Waals surface area contributed by atoms with Crippen LogP contribution in [-0.2, 0) is 0 Å². The van der Waals surface area contributed by atoms with Gasteiger partial charge in [-0.2, -0.15) is 5.10 Å². The van der Waals surface area contributed by atoms with E-state index in [-0.39, 0.29) is 5.91 Å². The van der Waals surface area contributed by atoms with Crippen LogP contribution >= 0.6 is 0 Å². The number of aromatic nitrogens is 3. The van der Waals surface area contributed by atoms with Crippen molar-refractivity contribution in [3.05, 3.63) is 42.4 Å². The van der Waals surface area contributed by atoms with Gasteiger partial charge < -0.3 is 10.2 Å². The Balaban J connectivity index is 1.56. The van der Waals surface area contributed by atoms with Crippen molar-refractivity contribution in [1.82, 2.24) is 25.0 Å². The molecule has 108 valence electrons. The van der Waals surface area contributed by atoms with E-state index in [1.54, 1.807) is 16.9 Å². The molecule has 6 heteroatoms. The van der Waals surface area contributed by atoms with Crippen LogP contribution < -0.4 is 5.32 Å². The second kappa shape index (κ2) is 4.96. The summed E-state index contributed by atoms with van der Waals surface area (Å²) in [5.74, 6) is 1.90. The number of likely N-dealkylation sites (tertiary alicyclic amines) is 1. The number of hydrogen-bond acceptors (Lipinski definition) is 4. The summed E-state index contributed by atoms with van der Waals surface area (Å²) in [6.45, 7) is 3.72. The van der Waals surface area contributed by atoms with Gasteiger partial charge in [0.1, 0.15) is 5.69 Å². The van der Waals surface area contributed by atoms with Gasteiger partial charge in [0.05, 0.1) is 0 Å². The average molecular weight is 283 g/mol. The van der Waals surface area contributed by atoms with Gasteiger partial charge in [0.15, 0.2) is 5.82 Å². The minimum Gasteiger partial charge on any atom is -0.337 e. The van der Waals surface area contributed by atoms with E-state index in [2.05, 4.69) is 15.4 Å². The summed E-state index contributed by atoms with van der Waals surface area (Å²) in [4.78, 5) is 19.0. The first-order valence-corrected chi connectivity index (χ1v) is 7.28. The van der Waals surface area contributed by atoms with Crippen molar-refractivity contribution in [2.75, 3.05) is 26.2 Å². The molecular formula is C15H17N5O. The number of rotatable bonds is 2. The number of nitrogens with one attached hydrogen (secondary N) is 1. The Morgan fingerprint density at radius 1 is 1.19 bits per heavy atom. The van der Waals surface area contributed by atoms with Crippen molar-refractivity contribution in [2.24, 2.45) is 11.8 Å². The van der Waals surface area contributed by atoms with Crippen molar-refractivity contribution in [1.29, 1.82) is 0 Å². The number of carbonyl (C=O) groups is 1. The van der Waals surface area contributed by atoms with Crippen LogP contribution in [0, 0.1) is 11.8 Å². The summed E-state index contributed by atoms with van der Waals surface area (Å²) >= 11 is 0. The lowest BCUT2D eigenvalue weighted by Gasteiger charge is -2.17. The Morgan fingerprint density at radius 2 is 2.00 bits per heavy atom. The normalized spacial score (nSPS) is 24.3. The summed E-state index contributed by atoms with van der Waals surface area (Å²) in [6, 6.07) is 7.33. The third kappa shape index (κ3) is 2.21. The molecule has 0 spiro atoms. The SMILES string of the molecule is O=C(c1cccc(-n2cccn2)n1)N1C[C@H]2CNC[C@H]2C1. The van der Waals surface area contributed by atoms with Crippen LogP contribution in [0.5, 0.6) is 0 Å². The summed E-state index contributed by atoms with van der Waals surface area (Å²) in [6.07, 6.45) is 3.52. The number of pyridine rings is 1. The summed E-state index contributed by atoms with van der Waals surface area (Å²) in [7, 11) is 0. The molecule has 21 heavy (non-hydrogen) atoms. The second-order valence-electron chi connectivity index (χ2n) is 5.72. The van der Waals surface area contributed by atoms with Crippen LogP contribution in [0.2, 0.25) is 0 Å². The average Bonchev–Trinajstić information content (AvgIpc) is 3.22. The Labute approximate surface area is 122 Å². The zero-order valence-electron chi connectivity index (χ0n) is 11.6. The van der Waals surface area contributed by atoms with Crippen LogP contribution in [0.25, 0.3) is 5.82 Å². The van der Waals surface area contributed by atoms with E-state index in [4.69, 9.17) is 0 Å². The van der Waals surface area contributed by atoms with E-state index in [9.17, 15) is 4.79 Å². The lowest BCUT2D eigenvalue weighted by molar-refractivity contribution is 0.0776. The molecule has 6 nitrogen and oxygen atoms in total. The molecule has 0 aromatic carbocycles. The fraction of sp³-hybridized carbons (Fsp3) is 0.400. The molecule has 0 aliphatic carbocycles. The van der Waals surface area contributed by atoms with Crippen LogP contribution in [-0.4, -0.2) is 51.8 Å². The van der Waals surface area contributed by atoms with Gasteiger partial charge in [-0.25, -0.2) is 9.67 Å². The third-order valence-corrected chi connectivity index (χ3v) is 4.37. The highest BCUT2D eigenvalue weighted by Crippen LogP contribution is 2.27. The van der Waals surface area contributed by atoms with Gasteiger partial charge in [0.2, 0.25) is 0 Å². The Bertz CT molecular complexity index is 642. The molecule has 0 saturated carbocycles. The van der Waals surface area contributed by atoms with E-state index >= 15 is 0 Å². The fourth-order valence-corrected chi connectivity index (χ4v) is 3.26. The molecule has 2 saturated heterocycles. The number of carbonyl (C=O) groups excluding carboxylic acids is 1. The van der Waals surface area contributed by atoms with Crippen LogP contribution in [0.4, 0.5) is 0 Å². The molecule has 2 aliphatic heterocycles. The van der Waals surface area contributed by atoms with E-state index in [0.717, 1.165) is 26.2 Å². The van der Waals surface area contributed by atoms with Gasteiger partial charge in [-0.05, 0) is 30.0 Å². The highest BCUT2D eigenvalue weighted by atomic mass is 16.2. The highest BCUT2D eigenvalue weighted by molar-refractivity contribution is 5.92. The predicted molar refractivity (Wildman–Crippen MR) is 77.1 cm³/mol. The van der Waals surface area contributed by atoms with E-state index in [1.165, 1.54) is 0 Å². The van der Waals surface area contributed by atoms with Gasteiger partial charge >= 0.3 is 0 Å².